The first kappa shape index (κ1) is 11.2. The maximum Gasteiger partial charge on any atom is 0.292 e. The van der Waals surface area contributed by atoms with Gasteiger partial charge in [-0.2, -0.15) is 8.78 Å². The highest BCUT2D eigenvalue weighted by molar-refractivity contribution is 5.75. The highest BCUT2D eigenvalue weighted by atomic mass is 19.3. The topological polar surface area (TPSA) is 90.4 Å². The Morgan fingerprint density at radius 2 is 1.73 bits per heavy atom. The van der Waals surface area contributed by atoms with E-state index in [1.54, 1.807) is 0 Å². The van der Waals surface area contributed by atoms with E-state index in [1.165, 1.54) is 24.3 Å². The zero-order chi connectivity index (χ0) is 11.5. The molecule has 6 N–H and O–H groups in total. The number of alkyl halides is 2. The van der Waals surface area contributed by atoms with Crippen molar-refractivity contribution in [2.75, 3.05) is 12.3 Å². The van der Waals surface area contributed by atoms with E-state index in [1.807, 2.05) is 0 Å². The Balaban J connectivity index is 2.85. The standard InChI is InChI=1S/C9H12F2N4/c10-9(11,5-15-8(13)14)6-1-3-7(12)4-2-6/h1-4H,5,12H2,(H4,13,14,15). The Hall–Kier alpha value is -1.85. The minimum absolute atomic E-state index is 0.165. The maximum atomic E-state index is 13.4. The van der Waals surface area contributed by atoms with E-state index in [9.17, 15) is 8.78 Å². The number of hydrogen-bond acceptors (Lipinski definition) is 2. The van der Waals surface area contributed by atoms with Crippen LogP contribution in [0.3, 0.4) is 0 Å². The van der Waals surface area contributed by atoms with E-state index in [4.69, 9.17) is 17.2 Å². The number of hydrogen-bond donors (Lipinski definition) is 3. The maximum absolute atomic E-state index is 13.4. The van der Waals surface area contributed by atoms with Crippen molar-refractivity contribution < 1.29 is 8.78 Å². The molecule has 6 heteroatoms. The van der Waals surface area contributed by atoms with E-state index in [-0.39, 0.29) is 11.5 Å². The summed E-state index contributed by atoms with van der Waals surface area (Å²) >= 11 is 0. The van der Waals surface area contributed by atoms with Crippen molar-refractivity contribution in [1.29, 1.82) is 0 Å². The van der Waals surface area contributed by atoms with Crippen molar-refractivity contribution in [2.45, 2.75) is 5.92 Å². The van der Waals surface area contributed by atoms with Crippen LogP contribution in [0.1, 0.15) is 5.56 Å². The van der Waals surface area contributed by atoms with Crippen molar-refractivity contribution in [1.82, 2.24) is 0 Å². The third kappa shape index (κ3) is 3.08. The monoisotopic (exact) mass is 214 g/mol. The van der Waals surface area contributed by atoms with Crippen LogP contribution in [0.15, 0.2) is 29.3 Å². The SMILES string of the molecule is NC(N)=NCC(F)(F)c1ccc(N)cc1. The van der Waals surface area contributed by atoms with Gasteiger partial charge in [0.1, 0.15) is 6.54 Å². The second kappa shape index (κ2) is 4.12. The molecule has 0 amide bonds. The van der Waals surface area contributed by atoms with E-state index in [2.05, 4.69) is 4.99 Å². The van der Waals surface area contributed by atoms with Crippen LogP contribution in [0.4, 0.5) is 14.5 Å². The summed E-state index contributed by atoms with van der Waals surface area (Å²) in [5, 5.41) is 0. The van der Waals surface area contributed by atoms with Gasteiger partial charge in [0.25, 0.3) is 5.92 Å². The normalized spacial score (nSPS) is 11.1. The molecule has 0 saturated heterocycles. The zero-order valence-electron chi connectivity index (χ0n) is 7.95. The molecule has 0 bridgehead atoms. The quantitative estimate of drug-likeness (QED) is 0.391. The van der Waals surface area contributed by atoms with E-state index < -0.39 is 12.5 Å². The molecule has 0 aliphatic heterocycles. The zero-order valence-corrected chi connectivity index (χ0v) is 7.95. The Labute approximate surface area is 85.8 Å². The first-order chi connectivity index (χ1) is 6.92. The minimum Gasteiger partial charge on any atom is -0.399 e. The molecule has 0 heterocycles. The van der Waals surface area contributed by atoms with Gasteiger partial charge in [-0.3, -0.25) is 0 Å². The fourth-order valence-corrected chi connectivity index (χ4v) is 1.01. The molecule has 0 radical (unpaired) electrons. The predicted octanol–water partition coefficient (Wildman–Crippen LogP) is 0.634. The van der Waals surface area contributed by atoms with Crippen LogP contribution in [0.2, 0.25) is 0 Å². The van der Waals surface area contributed by atoms with E-state index in [0.29, 0.717) is 5.69 Å². The first-order valence-corrected chi connectivity index (χ1v) is 4.21. The summed E-state index contributed by atoms with van der Waals surface area (Å²) < 4.78 is 26.8. The highest BCUT2D eigenvalue weighted by Gasteiger charge is 2.30. The van der Waals surface area contributed by atoms with E-state index >= 15 is 0 Å². The summed E-state index contributed by atoms with van der Waals surface area (Å²) in [7, 11) is 0. The molecule has 0 aliphatic carbocycles. The molecule has 0 atom stereocenters. The molecule has 0 unspecified atom stereocenters. The van der Waals surface area contributed by atoms with Gasteiger partial charge in [0.05, 0.1) is 0 Å². The molecule has 4 nitrogen and oxygen atoms in total. The van der Waals surface area contributed by atoms with Gasteiger partial charge in [0.2, 0.25) is 0 Å². The number of aliphatic imine (C=N–C) groups is 1. The molecule has 1 aromatic carbocycles. The Morgan fingerprint density at radius 3 is 2.20 bits per heavy atom. The third-order valence-electron chi connectivity index (χ3n) is 1.79. The smallest absolute Gasteiger partial charge is 0.292 e. The number of guanidine groups is 1. The molecule has 0 spiro atoms. The fourth-order valence-electron chi connectivity index (χ4n) is 1.01. The van der Waals surface area contributed by atoms with Crippen molar-refractivity contribution in [3.05, 3.63) is 29.8 Å². The molecular formula is C9H12F2N4. The van der Waals surface area contributed by atoms with Crippen molar-refractivity contribution in [3.8, 4) is 0 Å². The largest absolute Gasteiger partial charge is 0.399 e. The second-order valence-electron chi connectivity index (χ2n) is 3.07. The van der Waals surface area contributed by atoms with Crippen molar-refractivity contribution in [3.63, 3.8) is 0 Å². The lowest BCUT2D eigenvalue weighted by Crippen LogP contribution is -2.26. The number of nitrogens with two attached hydrogens (primary N) is 3. The molecule has 0 aromatic heterocycles. The van der Waals surface area contributed by atoms with Crippen molar-refractivity contribution >= 4 is 11.6 Å². The van der Waals surface area contributed by atoms with Crippen molar-refractivity contribution in [2.24, 2.45) is 16.5 Å². The molecule has 15 heavy (non-hydrogen) atoms. The number of halogens is 2. The van der Waals surface area contributed by atoms with Crippen LogP contribution < -0.4 is 17.2 Å². The molecule has 1 rings (SSSR count). The van der Waals surface area contributed by atoms with Crippen LogP contribution >= 0.6 is 0 Å². The molecule has 0 aliphatic rings. The Morgan fingerprint density at radius 1 is 1.20 bits per heavy atom. The highest BCUT2D eigenvalue weighted by Crippen LogP contribution is 2.28. The Bertz CT molecular complexity index is 355. The van der Waals surface area contributed by atoms with Gasteiger partial charge in [-0.05, 0) is 12.1 Å². The lowest BCUT2D eigenvalue weighted by molar-refractivity contribution is 0.00652. The summed E-state index contributed by atoms with van der Waals surface area (Å²) in [6, 6.07) is 5.30. The average Bonchev–Trinajstić information content (AvgIpc) is 2.16. The Kier molecular flexibility index (Phi) is 3.08. The van der Waals surface area contributed by atoms with Gasteiger partial charge < -0.3 is 17.2 Å². The molecule has 1 aromatic rings. The lowest BCUT2D eigenvalue weighted by atomic mass is 10.1. The van der Waals surface area contributed by atoms with Crippen LogP contribution in [0.25, 0.3) is 0 Å². The first-order valence-electron chi connectivity index (χ1n) is 4.21. The predicted molar refractivity (Wildman–Crippen MR) is 55.4 cm³/mol. The average molecular weight is 214 g/mol. The number of rotatable bonds is 3. The number of nitrogens with zero attached hydrogens (tertiary/aromatic N) is 1. The van der Waals surface area contributed by atoms with Crippen LogP contribution in [0.5, 0.6) is 0 Å². The summed E-state index contributed by atoms with van der Waals surface area (Å²) in [5.74, 6) is -3.44. The van der Waals surface area contributed by atoms with Gasteiger partial charge in [-0.15, -0.1) is 0 Å². The molecule has 82 valence electrons. The van der Waals surface area contributed by atoms with Gasteiger partial charge >= 0.3 is 0 Å². The van der Waals surface area contributed by atoms with Crippen LogP contribution in [-0.2, 0) is 5.92 Å². The fraction of sp³-hybridized carbons (Fsp3) is 0.222. The van der Waals surface area contributed by atoms with Crippen LogP contribution in [-0.4, -0.2) is 12.5 Å². The number of benzene rings is 1. The number of nitrogen functional groups attached to an aromatic ring is 1. The van der Waals surface area contributed by atoms with Crippen LogP contribution in [0, 0.1) is 0 Å². The summed E-state index contributed by atoms with van der Waals surface area (Å²) in [5.41, 5.74) is 15.6. The van der Waals surface area contributed by atoms with E-state index in [0.717, 1.165) is 0 Å². The van der Waals surface area contributed by atoms with Gasteiger partial charge in [0, 0.05) is 11.3 Å². The number of anilines is 1. The van der Waals surface area contributed by atoms with Gasteiger partial charge in [0.15, 0.2) is 5.96 Å². The minimum atomic E-state index is -3.09. The second-order valence-corrected chi connectivity index (χ2v) is 3.07. The molecule has 0 fully saturated rings. The third-order valence-corrected chi connectivity index (χ3v) is 1.79. The summed E-state index contributed by atoms with van der Waals surface area (Å²) in [6.07, 6.45) is 0. The van der Waals surface area contributed by atoms with Gasteiger partial charge in [-0.25, -0.2) is 4.99 Å². The summed E-state index contributed by atoms with van der Waals surface area (Å²) in [6.45, 7) is -0.765. The molecule has 0 saturated carbocycles. The molecular weight excluding hydrogens is 202 g/mol. The lowest BCUT2D eigenvalue weighted by Gasteiger charge is -2.14. The van der Waals surface area contributed by atoms with Gasteiger partial charge in [-0.1, -0.05) is 12.1 Å². The summed E-state index contributed by atoms with van der Waals surface area (Å²) in [4.78, 5) is 3.29.